The third-order valence-corrected chi connectivity index (χ3v) is 3.46. The third kappa shape index (κ3) is 2.63. The fourth-order valence-corrected chi connectivity index (χ4v) is 2.09. The van der Waals surface area contributed by atoms with E-state index in [1.807, 2.05) is 0 Å². The second kappa shape index (κ2) is 5.05. The molecule has 1 saturated heterocycles. The van der Waals surface area contributed by atoms with Crippen LogP contribution in [0, 0.1) is 23.3 Å². The minimum atomic E-state index is -2.00. The molecule has 1 aromatic carbocycles. The minimum absolute atomic E-state index is 0.131. The highest BCUT2D eigenvalue weighted by Crippen LogP contribution is 2.25. The zero-order valence-electron chi connectivity index (χ0n) is 10.7. The van der Waals surface area contributed by atoms with Crippen LogP contribution in [0.5, 0.6) is 0 Å². The first-order valence-corrected chi connectivity index (χ1v) is 6.07. The van der Waals surface area contributed by atoms with E-state index in [2.05, 4.69) is 0 Å². The molecule has 0 aliphatic carbocycles. The number of halogens is 4. The van der Waals surface area contributed by atoms with Gasteiger partial charge in [-0.3, -0.25) is 4.79 Å². The lowest BCUT2D eigenvalue weighted by molar-refractivity contribution is -0.00218. The van der Waals surface area contributed by atoms with Crippen LogP contribution in [0.4, 0.5) is 17.6 Å². The molecule has 1 N–H and O–H groups in total. The molecule has 1 aromatic rings. The van der Waals surface area contributed by atoms with Crippen molar-refractivity contribution in [1.82, 2.24) is 4.90 Å². The smallest absolute Gasteiger partial charge is 0.257 e. The van der Waals surface area contributed by atoms with Crippen LogP contribution in [0.2, 0.25) is 0 Å². The van der Waals surface area contributed by atoms with Crippen molar-refractivity contribution in [1.29, 1.82) is 0 Å². The summed E-state index contributed by atoms with van der Waals surface area (Å²) >= 11 is 0. The van der Waals surface area contributed by atoms with Crippen molar-refractivity contribution in [2.24, 2.45) is 0 Å². The second-order valence-electron chi connectivity index (χ2n) is 5.14. The quantitative estimate of drug-likeness (QED) is 0.490. The maximum absolute atomic E-state index is 13.5. The Morgan fingerprint density at radius 1 is 1.15 bits per heavy atom. The Morgan fingerprint density at radius 3 is 2.25 bits per heavy atom. The van der Waals surface area contributed by atoms with E-state index in [1.54, 1.807) is 6.92 Å². The second-order valence-corrected chi connectivity index (χ2v) is 5.14. The molecule has 1 amide bonds. The standard InChI is InChI=1S/C13H13F4NO2/c1-13(20)2-4-18(5-3-13)12(19)7-6-8(14)10(16)11(17)9(7)15/h6,20H,2-5H2,1H3. The van der Waals surface area contributed by atoms with Gasteiger partial charge in [0.1, 0.15) is 0 Å². The molecule has 3 nitrogen and oxygen atoms in total. The third-order valence-electron chi connectivity index (χ3n) is 3.46. The molecule has 0 unspecified atom stereocenters. The van der Waals surface area contributed by atoms with Gasteiger partial charge >= 0.3 is 0 Å². The number of carbonyl (C=O) groups is 1. The molecule has 0 aromatic heterocycles. The van der Waals surface area contributed by atoms with Crippen molar-refractivity contribution < 1.29 is 27.5 Å². The van der Waals surface area contributed by atoms with E-state index >= 15 is 0 Å². The SMILES string of the molecule is CC1(O)CCN(C(=O)c2cc(F)c(F)c(F)c2F)CC1. The summed E-state index contributed by atoms with van der Waals surface area (Å²) in [5.41, 5.74) is -1.77. The van der Waals surface area contributed by atoms with Gasteiger partial charge in [0.15, 0.2) is 23.3 Å². The van der Waals surface area contributed by atoms with Crippen LogP contribution in [-0.4, -0.2) is 34.6 Å². The van der Waals surface area contributed by atoms with Crippen LogP contribution in [-0.2, 0) is 0 Å². The molecule has 1 fully saturated rings. The van der Waals surface area contributed by atoms with Gasteiger partial charge in [-0.15, -0.1) is 0 Å². The zero-order chi connectivity index (χ0) is 15.1. The van der Waals surface area contributed by atoms with Gasteiger partial charge in [-0.2, -0.15) is 0 Å². The number of likely N-dealkylation sites (tertiary alicyclic amines) is 1. The van der Waals surface area contributed by atoms with Gasteiger partial charge < -0.3 is 10.0 Å². The van der Waals surface area contributed by atoms with Crippen molar-refractivity contribution in [2.45, 2.75) is 25.4 Å². The van der Waals surface area contributed by atoms with Crippen LogP contribution >= 0.6 is 0 Å². The van der Waals surface area contributed by atoms with E-state index in [1.165, 1.54) is 4.90 Å². The summed E-state index contributed by atoms with van der Waals surface area (Å²) in [5, 5.41) is 9.74. The summed E-state index contributed by atoms with van der Waals surface area (Å²) in [6, 6.07) is 0.350. The van der Waals surface area contributed by atoms with Gasteiger partial charge in [0, 0.05) is 13.1 Å². The molecule has 1 heterocycles. The molecule has 0 atom stereocenters. The van der Waals surface area contributed by atoms with E-state index in [0.29, 0.717) is 6.07 Å². The topological polar surface area (TPSA) is 40.5 Å². The number of carbonyl (C=O) groups excluding carboxylic acids is 1. The molecule has 0 bridgehead atoms. The number of amides is 1. The molecule has 7 heteroatoms. The van der Waals surface area contributed by atoms with E-state index in [0.717, 1.165) is 0 Å². The van der Waals surface area contributed by atoms with Crippen LogP contribution < -0.4 is 0 Å². The van der Waals surface area contributed by atoms with E-state index < -0.39 is 40.3 Å². The normalized spacial score (nSPS) is 18.2. The van der Waals surface area contributed by atoms with Gasteiger partial charge in [-0.25, -0.2) is 17.6 Å². The Hall–Kier alpha value is -1.63. The highest BCUT2D eigenvalue weighted by molar-refractivity contribution is 5.94. The Morgan fingerprint density at radius 2 is 1.70 bits per heavy atom. The predicted molar refractivity (Wildman–Crippen MR) is 62.0 cm³/mol. The number of aliphatic hydroxyl groups is 1. The molecule has 0 saturated carbocycles. The van der Waals surface area contributed by atoms with Gasteiger partial charge in [0.05, 0.1) is 11.2 Å². The van der Waals surface area contributed by atoms with Crippen LogP contribution in [0.15, 0.2) is 6.07 Å². The number of hydrogen-bond donors (Lipinski definition) is 1. The molecule has 20 heavy (non-hydrogen) atoms. The van der Waals surface area contributed by atoms with Gasteiger partial charge in [-0.1, -0.05) is 0 Å². The van der Waals surface area contributed by atoms with Crippen LogP contribution in [0.3, 0.4) is 0 Å². The lowest BCUT2D eigenvalue weighted by atomic mass is 9.93. The zero-order valence-corrected chi connectivity index (χ0v) is 10.7. The number of hydrogen-bond acceptors (Lipinski definition) is 2. The van der Waals surface area contributed by atoms with Crippen LogP contribution in [0.25, 0.3) is 0 Å². The average molecular weight is 291 g/mol. The summed E-state index contributed by atoms with van der Waals surface area (Å²) in [7, 11) is 0. The monoisotopic (exact) mass is 291 g/mol. The van der Waals surface area contributed by atoms with Gasteiger partial charge in [0.2, 0.25) is 0 Å². The molecule has 2 rings (SSSR count). The molecule has 1 aliphatic heterocycles. The van der Waals surface area contributed by atoms with Crippen molar-refractivity contribution >= 4 is 5.91 Å². The number of rotatable bonds is 1. The van der Waals surface area contributed by atoms with E-state index in [9.17, 15) is 27.5 Å². The molecule has 0 spiro atoms. The first-order chi connectivity index (χ1) is 9.23. The van der Waals surface area contributed by atoms with E-state index in [4.69, 9.17) is 0 Å². The summed E-state index contributed by atoms with van der Waals surface area (Å²) in [6.45, 7) is 1.87. The average Bonchev–Trinajstić information content (AvgIpc) is 2.40. The lowest BCUT2D eigenvalue weighted by Crippen LogP contribution is -2.45. The minimum Gasteiger partial charge on any atom is -0.390 e. The Labute approximate surface area is 112 Å². The first kappa shape index (κ1) is 14.8. The Kier molecular flexibility index (Phi) is 3.73. The summed E-state index contributed by atoms with van der Waals surface area (Å²) in [4.78, 5) is 13.2. The van der Waals surface area contributed by atoms with Crippen molar-refractivity contribution in [3.63, 3.8) is 0 Å². The number of nitrogens with zero attached hydrogens (tertiary/aromatic N) is 1. The first-order valence-electron chi connectivity index (χ1n) is 6.07. The van der Waals surface area contributed by atoms with Gasteiger partial charge in [-0.05, 0) is 25.8 Å². The Bertz CT molecular complexity index is 550. The molecule has 0 radical (unpaired) electrons. The maximum Gasteiger partial charge on any atom is 0.257 e. The van der Waals surface area contributed by atoms with Crippen molar-refractivity contribution in [3.05, 3.63) is 34.9 Å². The summed E-state index contributed by atoms with van der Waals surface area (Å²) in [5.74, 6) is -8.18. The number of benzene rings is 1. The molecule has 1 aliphatic rings. The van der Waals surface area contributed by atoms with Gasteiger partial charge in [0.25, 0.3) is 5.91 Å². The Balaban J connectivity index is 2.27. The fraction of sp³-hybridized carbons (Fsp3) is 0.462. The largest absolute Gasteiger partial charge is 0.390 e. The molecular weight excluding hydrogens is 278 g/mol. The molecule has 110 valence electrons. The summed E-state index contributed by atoms with van der Waals surface area (Å²) in [6.07, 6.45) is 0.541. The fourth-order valence-electron chi connectivity index (χ4n) is 2.09. The predicted octanol–water partition coefficient (Wildman–Crippen LogP) is 2.23. The maximum atomic E-state index is 13.5. The lowest BCUT2D eigenvalue weighted by Gasteiger charge is -2.35. The van der Waals surface area contributed by atoms with E-state index in [-0.39, 0.29) is 25.9 Å². The van der Waals surface area contributed by atoms with Crippen molar-refractivity contribution in [3.8, 4) is 0 Å². The molecular formula is C13H13F4NO2. The van der Waals surface area contributed by atoms with Crippen molar-refractivity contribution in [2.75, 3.05) is 13.1 Å². The summed E-state index contributed by atoms with van der Waals surface area (Å²) < 4.78 is 52.5. The number of piperidine rings is 1. The highest BCUT2D eigenvalue weighted by Gasteiger charge is 2.32. The van der Waals surface area contributed by atoms with Crippen LogP contribution in [0.1, 0.15) is 30.1 Å². The highest BCUT2D eigenvalue weighted by atomic mass is 19.2.